The van der Waals surface area contributed by atoms with Crippen LogP contribution in [0, 0.1) is 72.9 Å². The summed E-state index contributed by atoms with van der Waals surface area (Å²) in [5, 5.41) is 88.2. The molecule has 1 unspecified atom stereocenters. The Hall–Kier alpha value is -7.69. The molecule has 0 aliphatic carbocycles. The van der Waals surface area contributed by atoms with Crippen LogP contribution in [0.3, 0.4) is 0 Å². The van der Waals surface area contributed by atoms with Gasteiger partial charge in [0.1, 0.15) is 34.5 Å². The fourth-order valence-electron chi connectivity index (χ4n) is 9.23. The minimum atomic E-state index is -3.11. The molecule has 8 aromatic carbocycles. The zero-order valence-electron chi connectivity index (χ0n) is 66.4. The topological polar surface area (TPSA) is 401 Å². The Morgan fingerprint density at radius 2 is 0.955 bits per heavy atom. The number of unbranched alkanes of at least 4 members (excludes halogenated alkanes) is 1. The summed E-state index contributed by atoms with van der Waals surface area (Å²) in [6, 6.07) is 47.2. The number of nitrogens with zero attached hydrogens (tertiary/aromatic N) is 1. The molecular formula is C82H106K2N4O20S2. The molecule has 9 rings (SSSR count). The van der Waals surface area contributed by atoms with E-state index in [1.165, 1.54) is 53.4 Å². The number of carbonyl (C=O) groups excluding carboxylic acids is 4. The monoisotopic (exact) mass is 1610 g/mol. The van der Waals surface area contributed by atoms with Crippen LogP contribution in [0.5, 0.6) is 51.7 Å². The maximum atomic E-state index is 12.4. The average Bonchev–Trinajstić information content (AvgIpc) is 1.27. The number of ketones is 1. The SMILES string of the molecule is CC(=O)NCc1ccc(C)cc1.CCC(C)(C)c1ccc(OCCCCC(=O)Cc2ccc(CNC=O)cc2)c(C(C)(C)CC)c1.Cc1cc(O)[c-]cc1O.Cc1cc(O)[c-]cc1O.Cc1cc(O)c(C)cc1O.Cc1cc(O)c(C)cc1O.Cc1ccc(N2CC(C)(CO)C(=O)N2)cc1.O=S(=O)=O.O=S(=O)=O.[K+].[K+]. The molecule has 1 aliphatic rings. The summed E-state index contributed by atoms with van der Waals surface area (Å²) < 4.78 is 56.9. The predicted octanol–water partition coefficient (Wildman–Crippen LogP) is 6.99. The molecule has 28 heteroatoms. The zero-order valence-corrected chi connectivity index (χ0v) is 74.3. The Bertz CT molecular complexity index is 4170. The molecule has 3 amide bonds. The van der Waals surface area contributed by atoms with Gasteiger partial charge in [-0.15, -0.1) is 72.8 Å². The number of hydrogen-bond acceptors (Lipinski definition) is 21. The average molecular weight is 1610 g/mol. The largest absolute Gasteiger partial charge is 1.00 e. The van der Waals surface area contributed by atoms with Gasteiger partial charge in [0.05, 0.1) is 30.9 Å². The summed E-state index contributed by atoms with van der Waals surface area (Å²) >= 11 is 0. The van der Waals surface area contributed by atoms with Gasteiger partial charge in [0.2, 0.25) is 18.2 Å². The van der Waals surface area contributed by atoms with E-state index in [2.05, 4.69) is 87.9 Å². The van der Waals surface area contributed by atoms with E-state index in [1.54, 1.807) is 77.7 Å². The number of aryl methyl sites for hydroxylation is 8. The van der Waals surface area contributed by atoms with Crippen LogP contribution in [-0.4, -0.2) is 115 Å². The van der Waals surface area contributed by atoms with Crippen molar-refractivity contribution in [2.45, 2.75) is 173 Å². The first-order valence-electron chi connectivity index (χ1n) is 34.4. The zero-order chi connectivity index (χ0) is 82.2. The molecule has 24 nitrogen and oxygen atoms in total. The molecule has 110 heavy (non-hydrogen) atoms. The number of phenolic OH excluding ortho intramolecular Hbond substituents is 8. The Labute approximate surface area is 735 Å². The molecule has 12 N–H and O–H groups in total. The number of nitrogens with one attached hydrogen (secondary N) is 3. The van der Waals surface area contributed by atoms with Crippen molar-refractivity contribution in [3.8, 4) is 51.7 Å². The third kappa shape index (κ3) is 41.5. The smallest absolute Gasteiger partial charge is 0.565 e. The predicted molar refractivity (Wildman–Crippen MR) is 416 cm³/mol. The molecule has 0 bridgehead atoms. The fourth-order valence-corrected chi connectivity index (χ4v) is 9.23. The number of aliphatic hydroxyl groups is 1. The van der Waals surface area contributed by atoms with Crippen LogP contribution in [0.25, 0.3) is 0 Å². The fraction of sp³-hybridized carbons (Fsp3) is 0.366. The van der Waals surface area contributed by atoms with Crippen molar-refractivity contribution in [1.82, 2.24) is 16.1 Å². The van der Waals surface area contributed by atoms with Gasteiger partial charge < -0.3 is 61.3 Å². The minimum absolute atomic E-state index is 0. The van der Waals surface area contributed by atoms with Gasteiger partial charge >= 0.3 is 124 Å². The first-order valence-corrected chi connectivity index (χ1v) is 36.4. The van der Waals surface area contributed by atoms with Gasteiger partial charge in [0.25, 0.3) is 0 Å². The maximum Gasteiger partial charge on any atom is 1.00 e. The van der Waals surface area contributed by atoms with Crippen LogP contribution < -0.4 is 129 Å². The molecule has 8 aromatic rings. The van der Waals surface area contributed by atoms with Crippen LogP contribution in [0.2, 0.25) is 0 Å². The van der Waals surface area contributed by atoms with Crippen molar-refractivity contribution in [1.29, 1.82) is 0 Å². The van der Waals surface area contributed by atoms with Gasteiger partial charge in [-0.25, -0.2) is 0 Å². The van der Waals surface area contributed by atoms with Gasteiger partial charge in [-0.2, -0.15) is 0 Å². The number of phenols is 8. The molecule has 1 saturated heterocycles. The maximum absolute atomic E-state index is 12.4. The first-order chi connectivity index (χ1) is 50.4. The van der Waals surface area contributed by atoms with E-state index in [0.29, 0.717) is 78.9 Å². The van der Waals surface area contributed by atoms with Gasteiger partial charge in [0.15, 0.2) is 0 Å². The second kappa shape index (κ2) is 53.3. The van der Waals surface area contributed by atoms with Crippen LogP contribution in [-0.2, 0) is 70.7 Å². The molecular weight excluding hydrogens is 1500 g/mol. The van der Waals surface area contributed by atoms with E-state index < -0.39 is 26.6 Å². The number of benzene rings is 8. The number of hydrazine groups is 1. The van der Waals surface area contributed by atoms with Crippen LogP contribution in [0.1, 0.15) is 160 Å². The number of Topliss-reactive ketones (excluding diaryl/α,β-unsaturated/α-hetero) is 1. The van der Waals surface area contributed by atoms with E-state index in [9.17, 15) is 24.3 Å². The summed E-state index contributed by atoms with van der Waals surface area (Å²) in [5.74, 6) is 2.47. The normalized spacial score (nSPS) is 12.0. The third-order valence-electron chi connectivity index (χ3n) is 17.1. The van der Waals surface area contributed by atoms with Gasteiger partial charge in [-0.05, 0) is 172 Å². The molecule has 0 aromatic heterocycles. The Morgan fingerprint density at radius 1 is 0.564 bits per heavy atom. The molecule has 588 valence electrons. The summed E-state index contributed by atoms with van der Waals surface area (Å²) in [7, 11) is -6.22. The van der Waals surface area contributed by atoms with Crippen LogP contribution in [0.15, 0.2) is 140 Å². The number of ether oxygens (including phenoxy) is 1. The van der Waals surface area contributed by atoms with E-state index in [0.717, 1.165) is 53.8 Å². The second-order valence-corrected chi connectivity index (χ2v) is 27.8. The summed E-state index contributed by atoms with van der Waals surface area (Å²) in [4.78, 5) is 45.0. The second-order valence-electron chi connectivity index (χ2n) is 27.0. The third-order valence-corrected chi connectivity index (χ3v) is 17.1. The van der Waals surface area contributed by atoms with Crippen LogP contribution in [0.4, 0.5) is 5.69 Å². The molecule has 0 radical (unpaired) electrons. The van der Waals surface area contributed by atoms with Crippen molar-refractivity contribution < 1.29 is 198 Å². The summed E-state index contributed by atoms with van der Waals surface area (Å²) in [6.07, 6.45) is 5.52. The Morgan fingerprint density at radius 3 is 1.33 bits per heavy atom. The summed E-state index contributed by atoms with van der Waals surface area (Å²) in [6.45, 7) is 33.5. The number of carbonyl (C=O) groups is 4. The van der Waals surface area contributed by atoms with Crippen molar-refractivity contribution in [3.63, 3.8) is 0 Å². The molecule has 1 heterocycles. The molecule has 1 aliphatic heterocycles. The van der Waals surface area contributed by atoms with Crippen molar-refractivity contribution in [3.05, 3.63) is 224 Å². The first kappa shape index (κ1) is 104. The van der Waals surface area contributed by atoms with Gasteiger partial charge in [-0.1, -0.05) is 139 Å². The number of hydrogen-bond donors (Lipinski definition) is 12. The molecule has 1 fully saturated rings. The number of rotatable bonds is 19. The Balaban J connectivity index is 0. The van der Waals surface area contributed by atoms with Gasteiger partial charge in [-0.3, -0.25) is 29.6 Å². The number of aromatic hydroxyl groups is 8. The number of anilines is 1. The van der Waals surface area contributed by atoms with Crippen LogP contribution >= 0.6 is 0 Å². The van der Waals surface area contributed by atoms with E-state index in [-0.39, 0.29) is 184 Å². The summed E-state index contributed by atoms with van der Waals surface area (Å²) in [5.41, 5.74) is 15.5. The molecule has 0 saturated carbocycles. The number of amides is 3. The standard InChI is InChI=1S/C30H43NO3.C12H16N2O2.C10H13NO.2C8H10O2.2C7H7O2.2K.2O3S/c1-7-29(3,4)25-16-17-28(27(20-25)30(5,6)8-2)34-18-10-9-11-26(33)19-23-12-14-24(15-13-23)21-31-22-32;1-9-3-5-10(6-4-9)14-7-12(2,8-15)11(16)13-14;1-8-3-5-10(6-4-8)7-11-9(2)12;2*1-5-3-8(10)6(2)4-7(5)9;2*1-5-4-6(8)2-3-7(5)9;;;2*1-4(2)3/h12-17,20,22H,7-11,18-19,21H2,1-6H3,(H,31,32);3-6,15H,7-8H2,1-2H3,(H,13,16);3-6H,7H2,1-2H3,(H,11,12);2*3-4,9-10H,1-2H3;2*3-4,8-9H,1H3;;;;/q;;;;;2*-1;2*+1;;. The van der Waals surface area contributed by atoms with E-state index in [4.69, 9.17) is 70.8 Å². The van der Waals surface area contributed by atoms with Crippen molar-refractivity contribution in [2.24, 2.45) is 5.41 Å². The van der Waals surface area contributed by atoms with Gasteiger partial charge in [0, 0.05) is 61.4 Å². The molecule has 1 atom stereocenters. The molecule has 0 spiro atoms. The van der Waals surface area contributed by atoms with E-state index >= 15 is 0 Å². The Kier molecular flexibility index (Phi) is 50.6. The quantitative estimate of drug-likeness (QED) is 0.0128. The number of aliphatic hydroxyl groups excluding tert-OH is 1. The van der Waals surface area contributed by atoms with E-state index in [1.807, 2.05) is 86.6 Å². The minimum Gasteiger partial charge on any atom is -0.565 e. The van der Waals surface area contributed by atoms with Crippen molar-refractivity contribution in [2.75, 3.05) is 24.8 Å². The van der Waals surface area contributed by atoms with Crippen molar-refractivity contribution >= 4 is 50.9 Å².